The number of carbonyl (C=O) groups excluding carboxylic acids is 2. The Balaban J connectivity index is 1.90. The molecule has 0 atom stereocenters. The van der Waals surface area contributed by atoms with Gasteiger partial charge in [0.05, 0.1) is 0 Å². The number of hydrogen-bond acceptors (Lipinski definition) is 4. The molecular formula is C10H15NO3S. The van der Waals surface area contributed by atoms with Gasteiger partial charge in [-0.3, -0.25) is 9.59 Å². The molecule has 1 aliphatic carbocycles. The highest BCUT2D eigenvalue weighted by atomic mass is 32.2. The third kappa shape index (κ3) is 2.72. The Morgan fingerprint density at radius 1 is 1.07 bits per heavy atom. The van der Waals surface area contributed by atoms with E-state index in [0.717, 1.165) is 12.8 Å². The first-order chi connectivity index (χ1) is 7.27. The van der Waals surface area contributed by atoms with E-state index in [9.17, 15) is 9.59 Å². The first kappa shape index (κ1) is 11.0. The highest BCUT2D eigenvalue weighted by molar-refractivity contribution is 7.98. The van der Waals surface area contributed by atoms with Gasteiger partial charge >= 0.3 is 0 Å². The lowest BCUT2D eigenvalue weighted by atomic mass is 10.0. The van der Waals surface area contributed by atoms with E-state index in [4.69, 9.17) is 4.74 Å². The highest BCUT2D eigenvalue weighted by Gasteiger charge is 2.30. The van der Waals surface area contributed by atoms with Crippen LogP contribution in [0, 0.1) is 0 Å². The molecule has 0 aromatic heterocycles. The van der Waals surface area contributed by atoms with Gasteiger partial charge in [-0.05, 0) is 24.8 Å². The van der Waals surface area contributed by atoms with Crippen molar-refractivity contribution < 1.29 is 14.3 Å². The zero-order chi connectivity index (χ0) is 10.7. The number of ether oxygens (including phenoxy) is 1. The van der Waals surface area contributed by atoms with Crippen LogP contribution in [-0.4, -0.2) is 34.6 Å². The fourth-order valence-corrected chi connectivity index (χ4v) is 3.10. The van der Waals surface area contributed by atoms with Gasteiger partial charge in [0.2, 0.25) is 0 Å². The molecule has 1 aliphatic heterocycles. The summed E-state index contributed by atoms with van der Waals surface area (Å²) in [6.07, 6.45) is 5.93. The Morgan fingerprint density at radius 3 is 2.27 bits per heavy atom. The summed E-state index contributed by atoms with van der Waals surface area (Å²) in [6, 6.07) is 0. The van der Waals surface area contributed by atoms with Crippen LogP contribution < -0.4 is 0 Å². The fourth-order valence-electron chi connectivity index (χ4n) is 1.92. The summed E-state index contributed by atoms with van der Waals surface area (Å²) in [5.74, 6) is -0.413. The van der Waals surface area contributed by atoms with Crippen molar-refractivity contribution >= 4 is 23.8 Å². The first-order valence-electron chi connectivity index (χ1n) is 5.37. The molecule has 2 aliphatic rings. The molecule has 0 radical (unpaired) electrons. The van der Waals surface area contributed by atoms with Gasteiger partial charge in [-0.15, -0.1) is 0 Å². The molecule has 0 aromatic carbocycles. The van der Waals surface area contributed by atoms with E-state index in [2.05, 4.69) is 0 Å². The Hall–Kier alpha value is -0.550. The lowest BCUT2D eigenvalue weighted by Crippen LogP contribution is -2.43. The van der Waals surface area contributed by atoms with Gasteiger partial charge in [0.1, 0.15) is 13.2 Å². The maximum atomic E-state index is 11.4. The maximum absolute atomic E-state index is 11.4. The topological polar surface area (TPSA) is 46.6 Å². The number of rotatable bonds is 2. The average Bonchev–Trinajstić information content (AvgIpc) is 2.25. The third-order valence-corrected chi connectivity index (χ3v) is 4.10. The van der Waals surface area contributed by atoms with Crippen LogP contribution in [-0.2, 0) is 14.3 Å². The standard InChI is InChI=1S/C10H15NO3S/c12-9-6-14-7-10(13)11(9)15-8-4-2-1-3-5-8/h8H,1-7H2. The van der Waals surface area contributed by atoms with Crippen LogP contribution in [0.1, 0.15) is 32.1 Å². The lowest BCUT2D eigenvalue weighted by molar-refractivity contribution is -0.150. The summed E-state index contributed by atoms with van der Waals surface area (Å²) < 4.78 is 6.16. The van der Waals surface area contributed by atoms with E-state index >= 15 is 0 Å². The largest absolute Gasteiger partial charge is 0.362 e. The molecular weight excluding hydrogens is 214 g/mol. The molecule has 15 heavy (non-hydrogen) atoms. The molecule has 84 valence electrons. The van der Waals surface area contributed by atoms with Gasteiger partial charge in [0.15, 0.2) is 0 Å². The second-order valence-electron chi connectivity index (χ2n) is 3.94. The van der Waals surface area contributed by atoms with Crippen molar-refractivity contribution in [3.63, 3.8) is 0 Å². The molecule has 0 bridgehead atoms. The van der Waals surface area contributed by atoms with E-state index < -0.39 is 0 Å². The van der Waals surface area contributed by atoms with Gasteiger partial charge < -0.3 is 4.74 Å². The van der Waals surface area contributed by atoms with E-state index in [1.54, 1.807) is 0 Å². The number of amides is 2. The van der Waals surface area contributed by atoms with Crippen molar-refractivity contribution in [2.24, 2.45) is 0 Å². The van der Waals surface area contributed by atoms with Crippen LogP contribution in [0.3, 0.4) is 0 Å². The molecule has 1 heterocycles. The minimum atomic E-state index is -0.207. The number of hydrogen-bond donors (Lipinski definition) is 0. The molecule has 0 spiro atoms. The molecule has 0 aromatic rings. The first-order valence-corrected chi connectivity index (χ1v) is 6.21. The average molecular weight is 229 g/mol. The Kier molecular flexibility index (Phi) is 3.64. The van der Waals surface area contributed by atoms with Gasteiger partial charge in [0.25, 0.3) is 11.8 Å². The minimum Gasteiger partial charge on any atom is -0.362 e. The lowest BCUT2D eigenvalue weighted by Gasteiger charge is -2.29. The van der Waals surface area contributed by atoms with Crippen molar-refractivity contribution in [3.05, 3.63) is 0 Å². The van der Waals surface area contributed by atoms with E-state index in [1.165, 1.54) is 35.5 Å². The van der Waals surface area contributed by atoms with E-state index in [1.807, 2.05) is 0 Å². The quantitative estimate of drug-likeness (QED) is 0.530. The Morgan fingerprint density at radius 2 is 1.67 bits per heavy atom. The molecule has 1 saturated heterocycles. The van der Waals surface area contributed by atoms with Crippen LogP contribution in [0.2, 0.25) is 0 Å². The molecule has 2 fully saturated rings. The summed E-state index contributed by atoms with van der Waals surface area (Å²) in [6.45, 7) is 0.0942. The van der Waals surface area contributed by atoms with Crippen molar-refractivity contribution in [2.75, 3.05) is 13.2 Å². The molecule has 2 rings (SSSR count). The third-order valence-electron chi connectivity index (χ3n) is 2.71. The molecule has 0 unspecified atom stereocenters. The van der Waals surface area contributed by atoms with Crippen molar-refractivity contribution in [2.45, 2.75) is 37.4 Å². The summed E-state index contributed by atoms with van der Waals surface area (Å²) >= 11 is 1.41. The van der Waals surface area contributed by atoms with Crippen LogP contribution in [0.5, 0.6) is 0 Å². The van der Waals surface area contributed by atoms with Gasteiger partial charge in [-0.2, -0.15) is 0 Å². The summed E-state index contributed by atoms with van der Waals surface area (Å²) in [5.41, 5.74) is 0. The zero-order valence-corrected chi connectivity index (χ0v) is 9.42. The number of imide groups is 1. The molecule has 2 amide bonds. The van der Waals surface area contributed by atoms with Crippen LogP contribution in [0.25, 0.3) is 0 Å². The normalized spacial score (nSPS) is 24.7. The fraction of sp³-hybridized carbons (Fsp3) is 0.800. The maximum Gasteiger partial charge on any atom is 0.265 e. The molecule has 4 nitrogen and oxygen atoms in total. The number of carbonyl (C=O) groups is 2. The predicted molar refractivity (Wildman–Crippen MR) is 57.1 cm³/mol. The Labute approximate surface area is 93.5 Å². The summed E-state index contributed by atoms with van der Waals surface area (Å²) in [5, 5.41) is 0.435. The minimum absolute atomic E-state index is 0.0471. The predicted octanol–water partition coefficient (Wildman–Crippen LogP) is 1.35. The van der Waals surface area contributed by atoms with Crippen molar-refractivity contribution in [1.29, 1.82) is 0 Å². The van der Waals surface area contributed by atoms with Crippen LogP contribution >= 0.6 is 11.9 Å². The second-order valence-corrected chi connectivity index (χ2v) is 5.18. The molecule has 1 saturated carbocycles. The van der Waals surface area contributed by atoms with E-state index in [-0.39, 0.29) is 25.0 Å². The number of morpholine rings is 1. The second kappa shape index (κ2) is 4.99. The SMILES string of the molecule is O=C1COCC(=O)N1SC1CCCCC1. The molecule has 0 N–H and O–H groups in total. The van der Waals surface area contributed by atoms with Gasteiger partial charge in [0, 0.05) is 5.25 Å². The smallest absolute Gasteiger partial charge is 0.265 e. The van der Waals surface area contributed by atoms with Crippen LogP contribution in [0.4, 0.5) is 0 Å². The summed E-state index contributed by atoms with van der Waals surface area (Å²) in [4.78, 5) is 22.9. The Bertz CT molecular complexity index is 247. The molecule has 5 heteroatoms. The highest BCUT2D eigenvalue weighted by Crippen LogP contribution is 2.31. The van der Waals surface area contributed by atoms with Gasteiger partial charge in [-0.1, -0.05) is 19.3 Å². The van der Waals surface area contributed by atoms with Crippen molar-refractivity contribution in [1.82, 2.24) is 4.31 Å². The van der Waals surface area contributed by atoms with E-state index in [0.29, 0.717) is 5.25 Å². The van der Waals surface area contributed by atoms with Gasteiger partial charge in [-0.25, -0.2) is 4.31 Å². The monoisotopic (exact) mass is 229 g/mol. The zero-order valence-electron chi connectivity index (χ0n) is 8.61. The summed E-state index contributed by atoms with van der Waals surface area (Å²) in [7, 11) is 0. The van der Waals surface area contributed by atoms with Crippen molar-refractivity contribution in [3.8, 4) is 0 Å². The number of nitrogens with zero attached hydrogens (tertiary/aromatic N) is 1. The van der Waals surface area contributed by atoms with Crippen LogP contribution in [0.15, 0.2) is 0 Å².